The number of Topliss-reactive ketones (excluding diaryl/α,β-unsaturated/α-hetero) is 1. The minimum Gasteiger partial charge on any atom is -0.440 e. The highest BCUT2D eigenvalue weighted by molar-refractivity contribution is 6.36. The third kappa shape index (κ3) is 5.39. The summed E-state index contributed by atoms with van der Waals surface area (Å²) in [7, 11) is 4.17. The number of nitrogens with zero attached hydrogens (tertiary/aromatic N) is 2. The fourth-order valence-electron chi connectivity index (χ4n) is 2.72. The van der Waals surface area contributed by atoms with E-state index in [1.807, 2.05) is 13.0 Å². The van der Waals surface area contributed by atoms with Crippen molar-refractivity contribution in [2.45, 2.75) is 39.0 Å². The van der Waals surface area contributed by atoms with Crippen molar-refractivity contribution in [3.05, 3.63) is 23.6 Å². The predicted molar refractivity (Wildman–Crippen MR) is 99.3 cm³/mol. The van der Waals surface area contributed by atoms with Crippen LogP contribution in [0.25, 0.3) is 11.1 Å². The molecule has 6 nitrogen and oxygen atoms in total. The standard InChI is InChI=1S/C19H27N3O3/c1-4-18-21-16-12-14(11-15(17(24)13-23)19(16)25-18)20-9-7-5-6-8-10-22(2)3/h11-13,20H,4-10H2,1-3H3. The molecule has 2 rings (SSSR count). The van der Waals surface area contributed by atoms with Crippen molar-refractivity contribution in [3.63, 3.8) is 0 Å². The molecule has 0 unspecified atom stereocenters. The Morgan fingerprint density at radius 1 is 1.24 bits per heavy atom. The molecule has 0 amide bonds. The quantitative estimate of drug-likeness (QED) is 0.291. The summed E-state index contributed by atoms with van der Waals surface area (Å²) in [4.78, 5) is 29.4. The van der Waals surface area contributed by atoms with Gasteiger partial charge in [0.05, 0.1) is 5.56 Å². The fraction of sp³-hybridized carbons (Fsp3) is 0.526. The van der Waals surface area contributed by atoms with Crippen LogP contribution in [0.5, 0.6) is 0 Å². The third-order valence-corrected chi connectivity index (χ3v) is 4.07. The lowest BCUT2D eigenvalue weighted by atomic mass is 10.1. The molecule has 0 saturated carbocycles. The van der Waals surface area contributed by atoms with Crippen molar-refractivity contribution in [3.8, 4) is 0 Å². The van der Waals surface area contributed by atoms with Crippen LogP contribution in [0, 0.1) is 0 Å². The second kappa shape index (κ2) is 9.32. The molecule has 0 atom stereocenters. The molecule has 0 spiro atoms. The lowest BCUT2D eigenvalue weighted by Gasteiger charge is -2.10. The number of anilines is 1. The number of nitrogens with one attached hydrogen (secondary N) is 1. The smallest absolute Gasteiger partial charge is 0.229 e. The summed E-state index contributed by atoms with van der Waals surface area (Å²) < 4.78 is 5.59. The topological polar surface area (TPSA) is 75.4 Å². The number of aldehydes is 1. The minimum absolute atomic E-state index is 0.271. The van der Waals surface area contributed by atoms with Gasteiger partial charge in [0.2, 0.25) is 5.78 Å². The molecule has 0 fully saturated rings. The van der Waals surface area contributed by atoms with E-state index in [9.17, 15) is 9.59 Å². The van der Waals surface area contributed by atoms with Gasteiger partial charge in [0.1, 0.15) is 5.52 Å². The highest BCUT2D eigenvalue weighted by Crippen LogP contribution is 2.25. The monoisotopic (exact) mass is 345 g/mol. The van der Waals surface area contributed by atoms with Gasteiger partial charge >= 0.3 is 0 Å². The molecule has 1 aromatic carbocycles. The Bertz CT molecular complexity index is 722. The van der Waals surface area contributed by atoms with Crippen LogP contribution in [0.15, 0.2) is 16.5 Å². The van der Waals surface area contributed by atoms with Gasteiger partial charge in [-0.3, -0.25) is 9.59 Å². The Kier molecular flexibility index (Phi) is 7.13. The number of fused-ring (bicyclic) bond motifs is 1. The van der Waals surface area contributed by atoms with Crippen LogP contribution in [-0.2, 0) is 11.2 Å². The van der Waals surface area contributed by atoms with Gasteiger partial charge in [-0.2, -0.15) is 0 Å². The molecule has 0 aliphatic carbocycles. The molecular weight excluding hydrogens is 318 g/mol. The van der Waals surface area contributed by atoms with Crippen molar-refractivity contribution < 1.29 is 14.0 Å². The van der Waals surface area contributed by atoms with Gasteiger partial charge in [0, 0.05) is 18.7 Å². The number of oxazole rings is 1. The Balaban J connectivity index is 1.98. The Hall–Kier alpha value is -2.21. The fourth-order valence-corrected chi connectivity index (χ4v) is 2.72. The van der Waals surface area contributed by atoms with Gasteiger partial charge in [-0.15, -0.1) is 0 Å². The SMILES string of the molecule is CCc1nc2cc(NCCCCCCN(C)C)cc(C(=O)C=O)c2o1. The van der Waals surface area contributed by atoms with Gasteiger partial charge in [-0.25, -0.2) is 4.98 Å². The van der Waals surface area contributed by atoms with E-state index in [1.54, 1.807) is 6.07 Å². The Morgan fingerprint density at radius 3 is 2.68 bits per heavy atom. The molecule has 0 aliphatic heterocycles. The lowest BCUT2D eigenvalue weighted by Crippen LogP contribution is -2.12. The summed E-state index contributed by atoms with van der Waals surface area (Å²) in [5.41, 5.74) is 2.07. The summed E-state index contributed by atoms with van der Waals surface area (Å²) >= 11 is 0. The van der Waals surface area contributed by atoms with E-state index in [2.05, 4.69) is 29.3 Å². The molecule has 2 aromatic rings. The molecule has 0 saturated heterocycles. The first-order valence-corrected chi connectivity index (χ1v) is 8.86. The molecule has 1 aromatic heterocycles. The molecule has 0 aliphatic rings. The minimum atomic E-state index is -0.587. The molecule has 1 N–H and O–H groups in total. The summed E-state index contributed by atoms with van der Waals surface area (Å²) in [6.45, 7) is 3.87. The van der Waals surface area contributed by atoms with E-state index >= 15 is 0 Å². The number of aryl methyl sites for hydroxylation is 1. The third-order valence-electron chi connectivity index (χ3n) is 4.07. The van der Waals surface area contributed by atoms with E-state index in [0.717, 1.165) is 31.6 Å². The predicted octanol–water partition coefficient (Wildman–Crippen LogP) is 3.31. The van der Waals surface area contributed by atoms with Crippen LogP contribution in [0.2, 0.25) is 0 Å². The molecule has 136 valence electrons. The summed E-state index contributed by atoms with van der Waals surface area (Å²) in [5, 5.41) is 3.32. The van der Waals surface area contributed by atoms with Crippen LogP contribution in [0.3, 0.4) is 0 Å². The zero-order valence-electron chi connectivity index (χ0n) is 15.3. The normalized spacial score (nSPS) is 11.2. The lowest BCUT2D eigenvalue weighted by molar-refractivity contribution is -0.104. The maximum Gasteiger partial charge on any atom is 0.229 e. The van der Waals surface area contributed by atoms with Crippen molar-refractivity contribution in [2.75, 3.05) is 32.5 Å². The maximum absolute atomic E-state index is 11.9. The number of hydrogen-bond acceptors (Lipinski definition) is 6. The summed E-state index contributed by atoms with van der Waals surface area (Å²) in [6, 6.07) is 3.54. The van der Waals surface area contributed by atoms with Crippen LogP contribution < -0.4 is 5.32 Å². The van der Waals surface area contributed by atoms with E-state index < -0.39 is 5.78 Å². The first-order chi connectivity index (χ1) is 12.0. The molecule has 0 radical (unpaired) electrons. The number of carbonyl (C=O) groups is 2. The van der Waals surface area contributed by atoms with E-state index in [0.29, 0.717) is 29.7 Å². The van der Waals surface area contributed by atoms with Gasteiger partial charge in [0.15, 0.2) is 17.8 Å². The van der Waals surface area contributed by atoms with E-state index in [4.69, 9.17) is 4.42 Å². The highest BCUT2D eigenvalue weighted by atomic mass is 16.3. The van der Waals surface area contributed by atoms with Crippen LogP contribution in [0.4, 0.5) is 5.69 Å². The van der Waals surface area contributed by atoms with Crippen molar-refractivity contribution in [1.82, 2.24) is 9.88 Å². The van der Waals surface area contributed by atoms with Gasteiger partial charge in [-0.1, -0.05) is 19.8 Å². The van der Waals surface area contributed by atoms with Crippen molar-refractivity contribution in [2.24, 2.45) is 0 Å². The molecule has 0 bridgehead atoms. The molecule has 6 heteroatoms. The maximum atomic E-state index is 11.9. The largest absolute Gasteiger partial charge is 0.440 e. The number of carbonyl (C=O) groups excluding carboxylic acids is 2. The van der Waals surface area contributed by atoms with Gasteiger partial charge in [-0.05, 0) is 45.6 Å². The van der Waals surface area contributed by atoms with Crippen LogP contribution >= 0.6 is 0 Å². The average molecular weight is 345 g/mol. The number of ketones is 1. The van der Waals surface area contributed by atoms with E-state index in [-0.39, 0.29) is 5.56 Å². The Morgan fingerprint density at radius 2 is 2.00 bits per heavy atom. The van der Waals surface area contributed by atoms with Crippen LogP contribution in [-0.4, -0.2) is 49.1 Å². The molecule has 1 heterocycles. The second-order valence-electron chi connectivity index (χ2n) is 6.46. The van der Waals surface area contributed by atoms with Gasteiger partial charge in [0.25, 0.3) is 0 Å². The first kappa shape index (κ1) is 19.1. The zero-order valence-corrected chi connectivity index (χ0v) is 15.3. The van der Waals surface area contributed by atoms with E-state index in [1.165, 1.54) is 12.8 Å². The van der Waals surface area contributed by atoms with Crippen molar-refractivity contribution in [1.29, 1.82) is 0 Å². The number of aromatic nitrogens is 1. The number of unbranched alkanes of at least 4 members (excludes halogenated alkanes) is 3. The Labute approximate surface area is 148 Å². The highest BCUT2D eigenvalue weighted by Gasteiger charge is 2.16. The molecular formula is C19H27N3O3. The molecule has 25 heavy (non-hydrogen) atoms. The average Bonchev–Trinajstić information content (AvgIpc) is 3.02. The van der Waals surface area contributed by atoms with Crippen LogP contribution in [0.1, 0.15) is 48.9 Å². The second-order valence-corrected chi connectivity index (χ2v) is 6.46. The van der Waals surface area contributed by atoms with Crippen molar-refractivity contribution >= 4 is 28.9 Å². The van der Waals surface area contributed by atoms with Gasteiger partial charge < -0.3 is 14.6 Å². The summed E-state index contributed by atoms with van der Waals surface area (Å²) in [6.07, 6.45) is 5.58. The number of hydrogen-bond donors (Lipinski definition) is 1. The zero-order chi connectivity index (χ0) is 18.2. The first-order valence-electron chi connectivity index (χ1n) is 8.86. The number of rotatable bonds is 11. The summed E-state index contributed by atoms with van der Waals surface area (Å²) in [5.74, 6) is -0.0240. The number of benzene rings is 1.